The molecule has 0 aliphatic carbocycles. The van der Waals surface area contributed by atoms with Crippen LogP contribution >= 0.6 is 0 Å². The molecule has 0 atom stereocenters. The molecule has 0 spiro atoms. The monoisotopic (exact) mass is 332 g/mol. The van der Waals surface area contributed by atoms with E-state index in [-0.39, 0.29) is 5.82 Å². The summed E-state index contributed by atoms with van der Waals surface area (Å²) in [5.74, 6) is 1.35. The van der Waals surface area contributed by atoms with E-state index >= 15 is 0 Å². The molecule has 0 saturated heterocycles. The summed E-state index contributed by atoms with van der Waals surface area (Å²) in [6, 6.07) is 15.0. The van der Waals surface area contributed by atoms with Gasteiger partial charge in [0.05, 0.1) is 19.9 Å². The first-order valence-corrected chi connectivity index (χ1v) is 7.51. The fourth-order valence-corrected chi connectivity index (χ4v) is 2.53. The van der Waals surface area contributed by atoms with E-state index in [1.54, 1.807) is 32.5 Å². The average Bonchev–Trinajstić information content (AvgIpc) is 2.67. The van der Waals surface area contributed by atoms with Crippen molar-refractivity contribution in [3.05, 3.63) is 54.2 Å². The second-order valence-electron chi connectivity index (χ2n) is 5.25. The Balaban J connectivity index is 2.20. The maximum Gasteiger partial charge on any atom is 0.213 e. The summed E-state index contributed by atoms with van der Waals surface area (Å²) in [6.07, 6.45) is 1.62. The van der Waals surface area contributed by atoms with Crippen molar-refractivity contribution in [2.45, 2.75) is 0 Å². The standard InChI is InChI=1S/C19H16N4O2/c1-24-14-5-3-4-13(8-14)17-10-15(16(11-20)19(21)23-17)12-6-7-22-18(9-12)25-2/h3-10H,1-2H3,(H2,21,23). The Morgan fingerprint density at radius 2 is 1.88 bits per heavy atom. The van der Waals surface area contributed by atoms with Crippen LogP contribution in [-0.4, -0.2) is 24.2 Å². The van der Waals surface area contributed by atoms with Crippen LogP contribution < -0.4 is 15.2 Å². The molecular formula is C19H16N4O2. The maximum absolute atomic E-state index is 9.49. The van der Waals surface area contributed by atoms with Crippen LogP contribution in [-0.2, 0) is 0 Å². The second kappa shape index (κ2) is 6.89. The molecule has 0 amide bonds. The van der Waals surface area contributed by atoms with Crippen LogP contribution in [0.5, 0.6) is 11.6 Å². The van der Waals surface area contributed by atoms with Gasteiger partial charge < -0.3 is 15.2 Å². The Bertz CT molecular complexity index is 964. The number of ether oxygens (including phenoxy) is 2. The normalized spacial score (nSPS) is 10.1. The van der Waals surface area contributed by atoms with Crippen molar-refractivity contribution in [3.63, 3.8) is 0 Å². The first kappa shape index (κ1) is 16.3. The summed E-state index contributed by atoms with van der Waals surface area (Å²) in [7, 11) is 3.15. The number of aromatic nitrogens is 2. The molecule has 0 bridgehead atoms. The van der Waals surface area contributed by atoms with E-state index < -0.39 is 0 Å². The van der Waals surface area contributed by atoms with E-state index in [1.165, 1.54) is 0 Å². The molecule has 6 heteroatoms. The van der Waals surface area contributed by atoms with Crippen molar-refractivity contribution in [1.29, 1.82) is 5.26 Å². The molecular weight excluding hydrogens is 316 g/mol. The van der Waals surface area contributed by atoms with E-state index in [2.05, 4.69) is 16.0 Å². The molecule has 0 aliphatic heterocycles. The summed E-state index contributed by atoms with van der Waals surface area (Å²) in [5.41, 5.74) is 9.31. The minimum atomic E-state index is 0.175. The Morgan fingerprint density at radius 3 is 2.60 bits per heavy atom. The lowest BCUT2D eigenvalue weighted by molar-refractivity contribution is 0.398. The van der Waals surface area contributed by atoms with Gasteiger partial charge in [0.25, 0.3) is 0 Å². The smallest absolute Gasteiger partial charge is 0.213 e. The van der Waals surface area contributed by atoms with E-state index in [4.69, 9.17) is 15.2 Å². The number of rotatable bonds is 4. The van der Waals surface area contributed by atoms with Gasteiger partial charge in [-0.3, -0.25) is 0 Å². The molecule has 2 N–H and O–H groups in total. The molecule has 3 rings (SSSR count). The van der Waals surface area contributed by atoms with Gasteiger partial charge in [0.2, 0.25) is 5.88 Å². The Morgan fingerprint density at radius 1 is 1.04 bits per heavy atom. The van der Waals surface area contributed by atoms with Crippen molar-refractivity contribution in [2.24, 2.45) is 0 Å². The van der Waals surface area contributed by atoms with Crippen LogP contribution in [0.1, 0.15) is 5.56 Å². The summed E-state index contributed by atoms with van der Waals surface area (Å²) in [5, 5.41) is 9.49. The summed E-state index contributed by atoms with van der Waals surface area (Å²) in [6.45, 7) is 0. The highest BCUT2D eigenvalue weighted by atomic mass is 16.5. The highest BCUT2D eigenvalue weighted by Crippen LogP contribution is 2.33. The molecule has 124 valence electrons. The highest BCUT2D eigenvalue weighted by Gasteiger charge is 2.14. The van der Waals surface area contributed by atoms with Crippen LogP contribution in [0, 0.1) is 11.3 Å². The third kappa shape index (κ3) is 3.21. The molecule has 25 heavy (non-hydrogen) atoms. The highest BCUT2D eigenvalue weighted by molar-refractivity contribution is 5.80. The predicted octanol–water partition coefficient (Wildman–Crippen LogP) is 3.28. The minimum Gasteiger partial charge on any atom is -0.497 e. The van der Waals surface area contributed by atoms with Gasteiger partial charge in [-0.15, -0.1) is 0 Å². The molecule has 2 heterocycles. The molecule has 3 aromatic rings. The molecule has 1 aromatic carbocycles. The number of nitriles is 1. The van der Waals surface area contributed by atoms with E-state index in [0.717, 1.165) is 16.9 Å². The summed E-state index contributed by atoms with van der Waals surface area (Å²) >= 11 is 0. The van der Waals surface area contributed by atoms with Crippen molar-refractivity contribution in [3.8, 4) is 40.1 Å². The fourth-order valence-electron chi connectivity index (χ4n) is 2.53. The van der Waals surface area contributed by atoms with Crippen LogP contribution in [0.4, 0.5) is 5.82 Å². The van der Waals surface area contributed by atoms with Gasteiger partial charge in [-0.05, 0) is 29.8 Å². The zero-order valence-corrected chi connectivity index (χ0v) is 13.9. The van der Waals surface area contributed by atoms with Gasteiger partial charge >= 0.3 is 0 Å². The van der Waals surface area contributed by atoms with Gasteiger partial charge in [0, 0.05) is 23.4 Å². The first-order valence-electron chi connectivity index (χ1n) is 7.51. The van der Waals surface area contributed by atoms with Crippen LogP contribution in [0.2, 0.25) is 0 Å². The predicted molar refractivity (Wildman–Crippen MR) is 95.1 cm³/mol. The SMILES string of the molecule is COc1cccc(-c2cc(-c3ccnc(OC)c3)c(C#N)c(N)n2)c1. The van der Waals surface area contributed by atoms with E-state index in [0.29, 0.717) is 22.7 Å². The van der Waals surface area contributed by atoms with Gasteiger partial charge in [-0.2, -0.15) is 5.26 Å². The quantitative estimate of drug-likeness (QED) is 0.788. The molecule has 6 nitrogen and oxygen atoms in total. The van der Waals surface area contributed by atoms with Crippen molar-refractivity contribution in [2.75, 3.05) is 20.0 Å². The molecule has 0 saturated carbocycles. The fraction of sp³-hybridized carbons (Fsp3) is 0.105. The molecule has 0 unspecified atom stereocenters. The lowest BCUT2D eigenvalue weighted by Crippen LogP contribution is -2.00. The number of nitrogen functional groups attached to an aromatic ring is 1. The number of pyridine rings is 2. The first-order chi connectivity index (χ1) is 12.2. The molecule has 0 fully saturated rings. The Kier molecular flexibility index (Phi) is 4.48. The number of methoxy groups -OCH3 is 2. The number of anilines is 1. The molecule has 0 radical (unpaired) electrons. The van der Waals surface area contributed by atoms with E-state index in [1.807, 2.05) is 30.3 Å². The second-order valence-corrected chi connectivity index (χ2v) is 5.25. The Labute approximate surface area is 145 Å². The van der Waals surface area contributed by atoms with Crippen LogP contribution in [0.25, 0.3) is 22.4 Å². The van der Waals surface area contributed by atoms with Gasteiger partial charge in [-0.1, -0.05) is 12.1 Å². The van der Waals surface area contributed by atoms with Crippen molar-refractivity contribution >= 4 is 5.82 Å². The summed E-state index contributed by atoms with van der Waals surface area (Å²) in [4.78, 5) is 8.47. The average molecular weight is 332 g/mol. The zero-order chi connectivity index (χ0) is 17.8. The minimum absolute atomic E-state index is 0.175. The third-order valence-electron chi connectivity index (χ3n) is 3.78. The van der Waals surface area contributed by atoms with Crippen molar-refractivity contribution < 1.29 is 9.47 Å². The number of hydrogen-bond donors (Lipinski definition) is 1. The lowest BCUT2D eigenvalue weighted by atomic mass is 9.99. The summed E-state index contributed by atoms with van der Waals surface area (Å²) < 4.78 is 10.4. The van der Waals surface area contributed by atoms with Gasteiger partial charge in [0.1, 0.15) is 23.2 Å². The van der Waals surface area contributed by atoms with E-state index in [9.17, 15) is 5.26 Å². The Hall–Kier alpha value is -3.59. The lowest BCUT2D eigenvalue weighted by Gasteiger charge is -2.11. The largest absolute Gasteiger partial charge is 0.497 e. The zero-order valence-electron chi connectivity index (χ0n) is 13.9. The number of hydrogen-bond acceptors (Lipinski definition) is 6. The third-order valence-corrected chi connectivity index (χ3v) is 3.78. The van der Waals surface area contributed by atoms with Crippen LogP contribution in [0.3, 0.4) is 0 Å². The van der Waals surface area contributed by atoms with Crippen LogP contribution in [0.15, 0.2) is 48.7 Å². The number of nitrogens with two attached hydrogens (primary N) is 1. The van der Waals surface area contributed by atoms with Crippen molar-refractivity contribution in [1.82, 2.24) is 9.97 Å². The number of nitrogens with zero attached hydrogens (tertiary/aromatic N) is 3. The molecule has 0 aliphatic rings. The van der Waals surface area contributed by atoms with Gasteiger partial charge in [-0.25, -0.2) is 9.97 Å². The maximum atomic E-state index is 9.49. The van der Waals surface area contributed by atoms with Gasteiger partial charge in [0.15, 0.2) is 0 Å². The molecule has 2 aromatic heterocycles. The number of benzene rings is 1. The topological polar surface area (TPSA) is 94.0 Å².